The Hall–Kier alpha value is -0.810. The molecule has 1 fully saturated rings. The number of alkyl halides is 3. The van der Waals surface area contributed by atoms with E-state index >= 15 is 0 Å². The van der Waals surface area contributed by atoms with Gasteiger partial charge in [-0.3, -0.25) is 0 Å². The van der Waals surface area contributed by atoms with Gasteiger partial charge in [0.15, 0.2) is 0 Å². The molecular formula is C12H14ClF4N. The maximum Gasteiger partial charge on any atom is 0.416 e. The van der Waals surface area contributed by atoms with Crippen molar-refractivity contribution in [1.82, 2.24) is 5.32 Å². The lowest BCUT2D eigenvalue weighted by atomic mass is 9.96. The number of hydrogen-bond donors (Lipinski definition) is 1. The van der Waals surface area contributed by atoms with Crippen LogP contribution in [-0.4, -0.2) is 6.54 Å². The average molecular weight is 284 g/mol. The molecule has 1 aromatic carbocycles. The van der Waals surface area contributed by atoms with Gasteiger partial charge >= 0.3 is 6.18 Å². The minimum absolute atomic E-state index is 0. The average Bonchev–Trinajstić information content (AvgIpc) is 2.29. The SMILES string of the molecule is Cl.Fc1cc(C(F)(F)F)ccc1[C@@H]1CCCCN1. The van der Waals surface area contributed by atoms with Gasteiger partial charge in [-0.1, -0.05) is 12.5 Å². The molecule has 1 nitrogen and oxygen atoms in total. The minimum Gasteiger partial charge on any atom is -0.310 e. The van der Waals surface area contributed by atoms with E-state index in [1.54, 1.807) is 0 Å². The van der Waals surface area contributed by atoms with Crippen LogP contribution in [0.5, 0.6) is 0 Å². The van der Waals surface area contributed by atoms with Crippen molar-refractivity contribution in [2.45, 2.75) is 31.5 Å². The maximum atomic E-state index is 13.6. The van der Waals surface area contributed by atoms with Gasteiger partial charge in [0.1, 0.15) is 5.82 Å². The summed E-state index contributed by atoms with van der Waals surface area (Å²) in [5.41, 5.74) is -0.604. The Morgan fingerprint density at radius 1 is 1.17 bits per heavy atom. The smallest absolute Gasteiger partial charge is 0.310 e. The number of nitrogens with one attached hydrogen (secondary N) is 1. The number of hydrogen-bond acceptors (Lipinski definition) is 1. The van der Waals surface area contributed by atoms with Crippen LogP contribution in [0.1, 0.15) is 36.4 Å². The molecular weight excluding hydrogens is 270 g/mol. The Morgan fingerprint density at radius 2 is 1.89 bits per heavy atom. The van der Waals surface area contributed by atoms with E-state index in [1.807, 2.05) is 0 Å². The van der Waals surface area contributed by atoms with Gasteiger partial charge in [0.2, 0.25) is 0 Å². The Labute approximate surface area is 109 Å². The molecule has 0 radical (unpaired) electrons. The summed E-state index contributed by atoms with van der Waals surface area (Å²) in [5, 5.41) is 3.11. The molecule has 0 aromatic heterocycles. The molecule has 2 rings (SSSR count). The van der Waals surface area contributed by atoms with E-state index in [0.29, 0.717) is 11.6 Å². The topological polar surface area (TPSA) is 12.0 Å². The maximum absolute atomic E-state index is 13.6. The molecule has 1 heterocycles. The molecule has 0 saturated carbocycles. The van der Waals surface area contributed by atoms with Gasteiger partial charge in [0.05, 0.1) is 5.56 Å². The van der Waals surface area contributed by atoms with E-state index in [0.717, 1.165) is 31.9 Å². The number of rotatable bonds is 1. The van der Waals surface area contributed by atoms with Crippen LogP contribution in [0.25, 0.3) is 0 Å². The molecule has 0 spiro atoms. The van der Waals surface area contributed by atoms with E-state index in [9.17, 15) is 17.6 Å². The molecule has 1 aliphatic heterocycles. The lowest BCUT2D eigenvalue weighted by molar-refractivity contribution is -0.137. The first-order valence-electron chi connectivity index (χ1n) is 5.58. The van der Waals surface area contributed by atoms with Crippen molar-refractivity contribution in [2.75, 3.05) is 6.54 Å². The summed E-state index contributed by atoms with van der Waals surface area (Å²) in [6.07, 6.45) is -1.72. The van der Waals surface area contributed by atoms with Crippen LogP contribution in [0.4, 0.5) is 17.6 Å². The van der Waals surface area contributed by atoms with E-state index < -0.39 is 17.6 Å². The van der Waals surface area contributed by atoms with Crippen LogP contribution in [0.3, 0.4) is 0 Å². The monoisotopic (exact) mass is 283 g/mol. The number of piperidine rings is 1. The summed E-state index contributed by atoms with van der Waals surface area (Å²) in [6, 6.07) is 2.59. The fourth-order valence-electron chi connectivity index (χ4n) is 2.10. The molecule has 6 heteroatoms. The summed E-state index contributed by atoms with van der Waals surface area (Å²) in [6.45, 7) is 0.783. The quantitative estimate of drug-likeness (QED) is 0.766. The highest BCUT2D eigenvalue weighted by Crippen LogP contribution is 2.32. The number of halogens is 5. The second-order valence-corrected chi connectivity index (χ2v) is 4.24. The van der Waals surface area contributed by atoms with Gasteiger partial charge in [0, 0.05) is 11.6 Å². The van der Waals surface area contributed by atoms with Gasteiger partial charge in [0.25, 0.3) is 0 Å². The van der Waals surface area contributed by atoms with Crippen molar-refractivity contribution in [3.05, 3.63) is 35.1 Å². The second kappa shape index (κ2) is 5.89. The fraction of sp³-hybridized carbons (Fsp3) is 0.500. The standard InChI is InChI=1S/C12H13F4N.ClH/c13-10-7-8(12(14,15)16)4-5-9(10)11-3-1-2-6-17-11;/h4-5,7,11,17H,1-3,6H2;1H/t11-;/m0./s1. The summed E-state index contributed by atoms with van der Waals surface area (Å²) < 4.78 is 50.7. The molecule has 0 bridgehead atoms. The van der Waals surface area contributed by atoms with Crippen molar-refractivity contribution in [1.29, 1.82) is 0 Å². The Morgan fingerprint density at radius 3 is 2.39 bits per heavy atom. The van der Waals surface area contributed by atoms with E-state index in [2.05, 4.69) is 5.32 Å². The third-order valence-electron chi connectivity index (χ3n) is 3.01. The third kappa shape index (κ3) is 3.36. The van der Waals surface area contributed by atoms with Crippen LogP contribution < -0.4 is 5.32 Å². The Kier molecular flexibility index (Phi) is 4.99. The zero-order valence-corrected chi connectivity index (χ0v) is 10.4. The normalized spacial score (nSPS) is 20.3. The lowest BCUT2D eigenvalue weighted by Crippen LogP contribution is -2.27. The van der Waals surface area contributed by atoms with Crippen LogP contribution in [0, 0.1) is 5.82 Å². The van der Waals surface area contributed by atoms with E-state index in [1.165, 1.54) is 6.07 Å². The molecule has 1 aliphatic rings. The van der Waals surface area contributed by atoms with Crippen molar-refractivity contribution in [2.24, 2.45) is 0 Å². The van der Waals surface area contributed by atoms with E-state index in [-0.39, 0.29) is 18.4 Å². The Balaban J connectivity index is 0.00000162. The molecule has 0 amide bonds. The predicted octanol–water partition coefficient (Wildman–Crippen LogP) is 4.08. The van der Waals surface area contributed by atoms with Crippen molar-refractivity contribution < 1.29 is 17.6 Å². The fourth-order valence-corrected chi connectivity index (χ4v) is 2.10. The van der Waals surface area contributed by atoms with Crippen LogP contribution in [0.2, 0.25) is 0 Å². The first kappa shape index (κ1) is 15.2. The van der Waals surface area contributed by atoms with Gasteiger partial charge in [-0.2, -0.15) is 13.2 Å². The minimum atomic E-state index is -4.49. The molecule has 1 saturated heterocycles. The molecule has 102 valence electrons. The molecule has 1 aromatic rings. The van der Waals surface area contributed by atoms with Gasteiger partial charge in [-0.15, -0.1) is 12.4 Å². The highest BCUT2D eigenvalue weighted by Gasteiger charge is 2.31. The predicted molar refractivity (Wildman–Crippen MR) is 63.2 cm³/mol. The second-order valence-electron chi connectivity index (χ2n) is 4.24. The zero-order chi connectivity index (χ0) is 12.5. The summed E-state index contributed by atoms with van der Waals surface area (Å²) in [4.78, 5) is 0. The van der Waals surface area contributed by atoms with Crippen LogP contribution in [-0.2, 0) is 6.18 Å². The van der Waals surface area contributed by atoms with Crippen molar-refractivity contribution in [3.8, 4) is 0 Å². The molecule has 18 heavy (non-hydrogen) atoms. The molecule has 0 aliphatic carbocycles. The third-order valence-corrected chi connectivity index (χ3v) is 3.01. The molecule has 0 unspecified atom stereocenters. The van der Waals surface area contributed by atoms with Crippen molar-refractivity contribution in [3.63, 3.8) is 0 Å². The zero-order valence-electron chi connectivity index (χ0n) is 9.56. The lowest BCUT2D eigenvalue weighted by Gasteiger charge is -2.24. The number of benzene rings is 1. The summed E-state index contributed by atoms with van der Waals surface area (Å²) in [7, 11) is 0. The van der Waals surface area contributed by atoms with Crippen molar-refractivity contribution >= 4 is 12.4 Å². The summed E-state index contributed by atoms with van der Waals surface area (Å²) in [5.74, 6) is -0.778. The van der Waals surface area contributed by atoms with Gasteiger partial charge in [-0.05, 0) is 31.5 Å². The highest BCUT2D eigenvalue weighted by molar-refractivity contribution is 5.85. The Bertz CT molecular complexity index is 400. The molecule has 1 N–H and O–H groups in total. The van der Waals surface area contributed by atoms with Crippen LogP contribution in [0.15, 0.2) is 18.2 Å². The van der Waals surface area contributed by atoms with Gasteiger partial charge in [-0.25, -0.2) is 4.39 Å². The van der Waals surface area contributed by atoms with Gasteiger partial charge < -0.3 is 5.32 Å². The highest BCUT2D eigenvalue weighted by atomic mass is 35.5. The first-order valence-corrected chi connectivity index (χ1v) is 5.58. The first-order chi connectivity index (χ1) is 7.98. The van der Waals surface area contributed by atoms with E-state index in [4.69, 9.17) is 0 Å². The molecule has 1 atom stereocenters. The summed E-state index contributed by atoms with van der Waals surface area (Å²) >= 11 is 0. The van der Waals surface area contributed by atoms with Crippen LogP contribution >= 0.6 is 12.4 Å². The largest absolute Gasteiger partial charge is 0.416 e.